The zero-order chi connectivity index (χ0) is 16.7. The molecule has 4 N–H and O–H groups in total. The summed E-state index contributed by atoms with van der Waals surface area (Å²) in [5.41, 5.74) is 6.42. The molecule has 0 spiro atoms. The Bertz CT molecular complexity index is 675. The summed E-state index contributed by atoms with van der Waals surface area (Å²) < 4.78 is 3.47. The molecule has 0 aliphatic rings. The van der Waals surface area contributed by atoms with E-state index in [1.165, 1.54) is 6.20 Å². The van der Waals surface area contributed by atoms with E-state index in [9.17, 15) is 4.79 Å². The van der Waals surface area contributed by atoms with Crippen LogP contribution in [0.15, 0.2) is 28.8 Å². The molecule has 23 heavy (non-hydrogen) atoms. The van der Waals surface area contributed by atoms with Gasteiger partial charge < -0.3 is 20.7 Å². The summed E-state index contributed by atoms with van der Waals surface area (Å²) in [6.45, 7) is 3.72. The second kappa shape index (κ2) is 7.92. The number of azo groups is 1. The minimum Gasteiger partial charge on any atom is -0.465 e. The van der Waals surface area contributed by atoms with Gasteiger partial charge in [0.2, 0.25) is 5.95 Å². The lowest BCUT2D eigenvalue weighted by molar-refractivity contribution is 0.194. The Labute approximate surface area is 133 Å². The Balaban J connectivity index is 1.97. The molecule has 0 aliphatic carbocycles. The van der Waals surface area contributed by atoms with Crippen LogP contribution in [0, 0.1) is 0 Å². The van der Waals surface area contributed by atoms with Crippen LogP contribution in [0.3, 0.4) is 0 Å². The molecule has 1 amide bonds. The average Bonchev–Trinajstić information content (AvgIpc) is 3.09. The lowest BCUT2D eigenvalue weighted by atomic mass is 10.4. The lowest BCUT2D eigenvalue weighted by Gasteiger charge is -2.04. The fourth-order valence-corrected chi connectivity index (χ4v) is 1.98. The second-order valence-electron chi connectivity index (χ2n) is 4.84. The number of anilines is 1. The third-order valence-corrected chi connectivity index (χ3v) is 3.09. The Morgan fingerprint density at radius 3 is 3.00 bits per heavy atom. The van der Waals surface area contributed by atoms with E-state index in [4.69, 9.17) is 10.8 Å². The van der Waals surface area contributed by atoms with Gasteiger partial charge in [-0.2, -0.15) is 5.10 Å². The molecular weight excluding hydrogens is 300 g/mol. The molecule has 0 saturated heterocycles. The summed E-state index contributed by atoms with van der Waals surface area (Å²) >= 11 is 0. The molecule has 0 bridgehead atoms. The van der Waals surface area contributed by atoms with Crippen molar-refractivity contribution in [2.75, 3.05) is 12.3 Å². The molecule has 124 valence electrons. The molecule has 0 unspecified atom stereocenters. The Kier molecular flexibility index (Phi) is 5.67. The van der Waals surface area contributed by atoms with Crippen LogP contribution in [0.25, 0.3) is 0 Å². The topological polar surface area (TPSA) is 136 Å². The predicted molar refractivity (Wildman–Crippen MR) is 84.0 cm³/mol. The van der Waals surface area contributed by atoms with Gasteiger partial charge in [-0.1, -0.05) is 6.92 Å². The van der Waals surface area contributed by atoms with Gasteiger partial charge in [-0.25, -0.2) is 14.5 Å². The van der Waals surface area contributed by atoms with Gasteiger partial charge in [-0.3, -0.25) is 0 Å². The number of amides is 1. The first-order chi connectivity index (χ1) is 11.1. The normalized spacial score (nSPS) is 11.2. The summed E-state index contributed by atoms with van der Waals surface area (Å²) in [5.74, 6) is 0.905. The van der Waals surface area contributed by atoms with Gasteiger partial charge in [0.25, 0.3) is 0 Å². The average molecular weight is 320 g/mol. The number of nitrogen functional groups attached to an aromatic ring is 1. The van der Waals surface area contributed by atoms with E-state index < -0.39 is 6.09 Å². The third-order valence-electron chi connectivity index (χ3n) is 3.09. The number of nitrogens with zero attached hydrogens (tertiary/aromatic N) is 6. The van der Waals surface area contributed by atoms with Crippen molar-refractivity contribution in [3.05, 3.63) is 18.6 Å². The molecule has 2 rings (SSSR count). The van der Waals surface area contributed by atoms with E-state index >= 15 is 0 Å². The van der Waals surface area contributed by atoms with Crippen molar-refractivity contribution in [1.29, 1.82) is 0 Å². The van der Waals surface area contributed by atoms with Crippen molar-refractivity contribution in [1.82, 2.24) is 24.6 Å². The number of imidazole rings is 1. The Hall–Kier alpha value is -2.91. The van der Waals surface area contributed by atoms with E-state index in [1.54, 1.807) is 10.9 Å². The van der Waals surface area contributed by atoms with Crippen molar-refractivity contribution in [3.8, 4) is 0 Å². The molecule has 2 aromatic heterocycles. The van der Waals surface area contributed by atoms with Gasteiger partial charge in [0.05, 0.1) is 6.20 Å². The van der Waals surface area contributed by atoms with Gasteiger partial charge in [-0.05, 0) is 12.8 Å². The van der Waals surface area contributed by atoms with Gasteiger partial charge in [0.15, 0.2) is 0 Å². The van der Waals surface area contributed by atoms with Gasteiger partial charge in [0.1, 0.15) is 11.5 Å². The highest BCUT2D eigenvalue weighted by Crippen LogP contribution is 2.23. The van der Waals surface area contributed by atoms with Crippen LogP contribution in [0.1, 0.15) is 19.8 Å². The highest BCUT2D eigenvalue weighted by atomic mass is 16.4. The minimum absolute atomic E-state index is 0.333. The van der Waals surface area contributed by atoms with E-state index in [1.807, 2.05) is 10.8 Å². The summed E-state index contributed by atoms with van der Waals surface area (Å²) in [7, 11) is 0. The molecule has 2 aromatic rings. The van der Waals surface area contributed by atoms with Crippen molar-refractivity contribution in [2.45, 2.75) is 32.9 Å². The summed E-state index contributed by atoms with van der Waals surface area (Å²) in [6.07, 6.45) is 5.55. The molecular formula is C13H20N8O2. The highest BCUT2D eigenvalue weighted by Gasteiger charge is 2.07. The van der Waals surface area contributed by atoms with E-state index in [-0.39, 0.29) is 0 Å². The number of nitrogens with one attached hydrogen (secondary N) is 1. The third kappa shape index (κ3) is 4.53. The molecule has 0 atom stereocenters. The molecule has 2 heterocycles. The van der Waals surface area contributed by atoms with E-state index in [0.717, 1.165) is 13.0 Å². The van der Waals surface area contributed by atoms with Crippen LogP contribution < -0.4 is 11.1 Å². The summed E-state index contributed by atoms with van der Waals surface area (Å²) in [6, 6.07) is 0. The van der Waals surface area contributed by atoms with Crippen LogP contribution >= 0.6 is 0 Å². The monoisotopic (exact) mass is 320 g/mol. The summed E-state index contributed by atoms with van der Waals surface area (Å²) in [5, 5.41) is 23.1. The van der Waals surface area contributed by atoms with Crippen molar-refractivity contribution in [2.24, 2.45) is 10.2 Å². The number of hydrogen-bond acceptors (Lipinski definition) is 6. The van der Waals surface area contributed by atoms with Crippen LogP contribution in [0.5, 0.6) is 0 Å². The van der Waals surface area contributed by atoms with Gasteiger partial charge in [0, 0.05) is 32.0 Å². The fraction of sp³-hybridized carbons (Fsp3) is 0.462. The first kappa shape index (κ1) is 16.5. The fourth-order valence-electron chi connectivity index (χ4n) is 1.98. The predicted octanol–water partition coefficient (Wildman–Crippen LogP) is 2.14. The molecule has 0 aromatic carbocycles. The zero-order valence-corrected chi connectivity index (χ0v) is 12.9. The van der Waals surface area contributed by atoms with Gasteiger partial charge in [-0.15, -0.1) is 10.2 Å². The van der Waals surface area contributed by atoms with Crippen molar-refractivity contribution in [3.63, 3.8) is 0 Å². The van der Waals surface area contributed by atoms with Crippen molar-refractivity contribution < 1.29 is 9.90 Å². The van der Waals surface area contributed by atoms with Crippen LogP contribution in [0.4, 0.5) is 22.2 Å². The first-order valence-corrected chi connectivity index (χ1v) is 7.32. The maximum absolute atomic E-state index is 10.4. The largest absolute Gasteiger partial charge is 0.465 e. The number of hydrogen-bond donors (Lipinski definition) is 3. The molecule has 10 nitrogen and oxygen atoms in total. The van der Waals surface area contributed by atoms with Crippen molar-refractivity contribution >= 4 is 23.5 Å². The van der Waals surface area contributed by atoms with Gasteiger partial charge >= 0.3 is 6.09 Å². The van der Waals surface area contributed by atoms with Crippen LogP contribution in [-0.2, 0) is 13.1 Å². The van der Waals surface area contributed by atoms with Crippen LogP contribution in [-0.4, -0.2) is 37.1 Å². The molecule has 10 heteroatoms. The molecule has 0 fully saturated rings. The van der Waals surface area contributed by atoms with Crippen LogP contribution in [0.2, 0.25) is 0 Å². The van der Waals surface area contributed by atoms with E-state index in [0.29, 0.717) is 37.0 Å². The quantitative estimate of drug-likeness (QED) is 0.505. The number of carbonyl (C=O) groups is 1. The molecule has 0 aliphatic heterocycles. The Morgan fingerprint density at radius 1 is 1.43 bits per heavy atom. The zero-order valence-electron chi connectivity index (χ0n) is 12.9. The standard InChI is InChI=1S/C13H20N8O2/c1-2-6-20-8-5-15-12(20)19-18-10-9-17-21(11(10)14)7-3-4-16-13(22)23/h5,8-9,16H,2-4,6-7,14H2,1H3,(H,22,23)/b19-18+. The number of carboxylic acid groups (broad SMARTS) is 1. The maximum atomic E-state index is 10.4. The number of aromatic nitrogens is 4. The number of nitrogens with two attached hydrogens (primary N) is 1. The highest BCUT2D eigenvalue weighted by molar-refractivity contribution is 5.64. The van der Waals surface area contributed by atoms with E-state index in [2.05, 4.69) is 32.6 Å². The number of rotatable bonds is 8. The molecule has 0 radical (unpaired) electrons. The SMILES string of the molecule is CCCn1ccnc1/N=N/c1cnn(CCCNC(=O)O)c1N. The Morgan fingerprint density at radius 2 is 2.26 bits per heavy atom. The smallest absolute Gasteiger partial charge is 0.404 e. The molecule has 0 saturated carbocycles. The minimum atomic E-state index is -1.05. The number of aryl methyl sites for hydroxylation is 2. The summed E-state index contributed by atoms with van der Waals surface area (Å²) in [4.78, 5) is 14.5. The first-order valence-electron chi connectivity index (χ1n) is 7.32. The lowest BCUT2D eigenvalue weighted by Crippen LogP contribution is -2.23. The second-order valence-corrected chi connectivity index (χ2v) is 4.84. The maximum Gasteiger partial charge on any atom is 0.404 e.